The third-order valence-corrected chi connectivity index (χ3v) is 8.21. The Morgan fingerprint density at radius 2 is 2.07 bits per heavy atom. The second-order valence-electron chi connectivity index (χ2n) is 9.86. The molecular formula is C24H29NO5. The second-order valence-corrected chi connectivity index (χ2v) is 9.86. The molecule has 7 unspecified atom stereocenters. The lowest BCUT2D eigenvalue weighted by atomic mass is 9.46. The van der Waals surface area contributed by atoms with Crippen LogP contribution in [-0.4, -0.2) is 26.9 Å². The average Bonchev–Trinajstić information content (AvgIpc) is 2.70. The highest BCUT2D eigenvalue weighted by atomic mass is 16.5. The van der Waals surface area contributed by atoms with Crippen LogP contribution in [0.25, 0.3) is 11.3 Å². The molecule has 0 saturated heterocycles. The Morgan fingerprint density at radius 3 is 2.80 bits per heavy atom. The van der Waals surface area contributed by atoms with E-state index in [0.29, 0.717) is 29.4 Å². The molecule has 2 saturated carbocycles. The predicted molar refractivity (Wildman–Crippen MR) is 111 cm³/mol. The molecule has 0 radical (unpaired) electrons. The number of fused-ring (bicyclic) bond motifs is 4. The lowest BCUT2D eigenvalue weighted by molar-refractivity contribution is -0.233. The molecule has 7 atom stereocenters. The van der Waals surface area contributed by atoms with E-state index in [1.807, 2.05) is 6.92 Å². The maximum Gasteiger partial charge on any atom is 0.345 e. The van der Waals surface area contributed by atoms with Crippen molar-refractivity contribution in [3.8, 4) is 17.1 Å². The fourth-order valence-electron chi connectivity index (χ4n) is 6.76. The van der Waals surface area contributed by atoms with Crippen molar-refractivity contribution in [1.82, 2.24) is 4.98 Å². The van der Waals surface area contributed by atoms with Crippen LogP contribution in [0.3, 0.4) is 0 Å². The molecular weight excluding hydrogens is 382 g/mol. The van der Waals surface area contributed by atoms with Crippen molar-refractivity contribution < 1.29 is 19.4 Å². The van der Waals surface area contributed by atoms with Crippen molar-refractivity contribution in [1.29, 1.82) is 0 Å². The summed E-state index contributed by atoms with van der Waals surface area (Å²) in [6, 6.07) is 5.20. The van der Waals surface area contributed by atoms with Crippen LogP contribution in [0.1, 0.15) is 58.1 Å². The Balaban J connectivity index is 1.65. The summed E-state index contributed by atoms with van der Waals surface area (Å²) in [4.78, 5) is 17.0. The molecule has 6 nitrogen and oxygen atoms in total. The van der Waals surface area contributed by atoms with E-state index in [9.17, 15) is 15.0 Å². The van der Waals surface area contributed by atoms with E-state index in [0.717, 1.165) is 19.3 Å². The average molecular weight is 411 g/mol. The third-order valence-electron chi connectivity index (χ3n) is 8.21. The number of hydrogen-bond acceptors (Lipinski definition) is 6. The first-order valence-corrected chi connectivity index (χ1v) is 10.9. The van der Waals surface area contributed by atoms with Gasteiger partial charge in [-0.2, -0.15) is 0 Å². The second kappa shape index (κ2) is 6.66. The number of aromatic nitrogens is 1. The van der Waals surface area contributed by atoms with E-state index in [2.05, 4.69) is 18.8 Å². The van der Waals surface area contributed by atoms with Crippen LogP contribution in [0, 0.1) is 23.2 Å². The summed E-state index contributed by atoms with van der Waals surface area (Å²) in [5.74, 6) is 0.978. The number of ether oxygens (including phenoxy) is 1. The lowest BCUT2D eigenvalue weighted by Gasteiger charge is -2.63. The molecule has 0 amide bonds. The number of aliphatic hydroxyl groups is 2. The van der Waals surface area contributed by atoms with Gasteiger partial charge in [0.2, 0.25) is 0 Å². The SMILES string of the molecule is CC1CCCC2(C)C1CC(O)C1(C)Oc3cc(-c4cccnc4)oc(=O)c3C(O)C21. The van der Waals surface area contributed by atoms with Crippen LogP contribution in [0.2, 0.25) is 0 Å². The smallest absolute Gasteiger partial charge is 0.345 e. The van der Waals surface area contributed by atoms with E-state index in [4.69, 9.17) is 9.15 Å². The molecule has 160 valence electrons. The number of nitrogens with zero attached hydrogens (tertiary/aromatic N) is 1. The summed E-state index contributed by atoms with van der Waals surface area (Å²) in [7, 11) is 0. The molecule has 1 aliphatic heterocycles. The van der Waals surface area contributed by atoms with Crippen LogP contribution in [0.5, 0.6) is 5.75 Å². The molecule has 2 aromatic rings. The number of rotatable bonds is 1. The molecule has 2 N–H and O–H groups in total. The Labute approximate surface area is 175 Å². The molecule has 6 heteroatoms. The highest BCUT2D eigenvalue weighted by Gasteiger charge is 2.65. The van der Waals surface area contributed by atoms with E-state index in [1.165, 1.54) is 0 Å². The van der Waals surface area contributed by atoms with Crippen molar-refractivity contribution in [3.63, 3.8) is 0 Å². The van der Waals surface area contributed by atoms with Gasteiger partial charge in [-0.1, -0.05) is 26.7 Å². The van der Waals surface area contributed by atoms with Gasteiger partial charge in [-0.15, -0.1) is 0 Å². The Kier molecular flexibility index (Phi) is 4.39. The fourth-order valence-corrected chi connectivity index (χ4v) is 6.76. The van der Waals surface area contributed by atoms with Crippen LogP contribution in [0.4, 0.5) is 0 Å². The summed E-state index contributed by atoms with van der Waals surface area (Å²) >= 11 is 0. The van der Waals surface area contributed by atoms with Gasteiger partial charge in [0.1, 0.15) is 22.7 Å². The standard InChI is InChI=1S/C24H29NO5/c1-13-6-4-8-23(2)15(13)10-18(26)24(3)21(23)20(27)19-17(30-24)11-16(29-22(19)28)14-7-5-9-25-12-14/h5,7,9,11-13,15,18,20-21,26-27H,4,6,8,10H2,1-3H3. The first kappa shape index (κ1) is 19.8. The largest absolute Gasteiger partial charge is 0.484 e. The maximum absolute atomic E-state index is 13.0. The van der Waals surface area contributed by atoms with Crippen LogP contribution >= 0.6 is 0 Å². The minimum atomic E-state index is -1.05. The Morgan fingerprint density at radius 1 is 1.27 bits per heavy atom. The van der Waals surface area contributed by atoms with Gasteiger partial charge in [-0.25, -0.2) is 4.79 Å². The molecule has 2 fully saturated rings. The zero-order valence-electron chi connectivity index (χ0n) is 17.7. The fraction of sp³-hybridized carbons (Fsp3) is 0.583. The highest BCUT2D eigenvalue weighted by molar-refractivity contribution is 5.59. The summed E-state index contributed by atoms with van der Waals surface area (Å²) < 4.78 is 12.0. The first-order valence-electron chi connectivity index (χ1n) is 10.9. The monoisotopic (exact) mass is 411 g/mol. The van der Waals surface area contributed by atoms with Crippen LogP contribution in [-0.2, 0) is 0 Å². The molecule has 3 heterocycles. The van der Waals surface area contributed by atoms with Crippen molar-refractivity contribution in [2.45, 2.75) is 64.3 Å². The summed E-state index contributed by atoms with van der Waals surface area (Å²) in [6.07, 6.45) is 5.27. The zero-order chi connectivity index (χ0) is 21.3. The zero-order valence-corrected chi connectivity index (χ0v) is 17.7. The molecule has 2 aromatic heterocycles. The molecule has 0 spiro atoms. The topological polar surface area (TPSA) is 92.8 Å². The first-order chi connectivity index (χ1) is 14.3. The quantitative estimate of drug-likeness (QED) is 0.743. The van der Waals surface area contributed by atoms with Gasteiger partial charge in [0, 0.05) is 29.9 Å². The van der Waals surface area contributed by atoms with Crippen LogP contribution in [0.15, 0.2) is 39.8 Å². The summed E-state index contributed by atoms with van der Waals surface area (Å²) in [6.45, 7) is 6.31. The highest BCUT2D eigenvalue weighted by Crippen LogP contribution is 2.64. The summed E-state index contributed by atoms with van der Waals surface area (Å²) in [5.41, 5.74) is -0.978. The van der Waals surface area contributed by atoms with Gasteiger partial charge in [0.15, 0.2) is 0 Å². The molecule has 30 heavy (non-hydrogen) atoms. The third kappa shape index (κ3) is 2.63. The minimum Gasteiger partial charge on any atom is -0.484 e. The lowest BCUT2D eigenvalue weighted by Crippen LogP contribution is -2.67. The van der Waals surface area contributed by atoms with Crippen molar-refractivity contribution in [2.75, 3.05) is 0 Å². The van der Waals surface area contributed by atoms with Crippen molar-refractivity contribution >= 4 is 0 Å². The van der Waals surface area contributed by atoms with E-state index < -0.39 is 23.4 Å². The Bertz CT molecular complexity index is 1020. The van der Waals surface area contributed by atoms with Gasteiger partial charge in [0.25, 0.3) is 0 Å². The van der Waals surface area contributed by atoms with E-state index in [1.54, 1.807) is 30.6 Å². The summed E-state index contributed by atoms with van der Waals surface area (Å²) in [5, 5.41) is 22.7. The molecule has 2 aliphatic carbocycles. The van der Waals surface area contributed by atoms with Crippen molar-refractivity contribution in [2.24, 2.45) is 23.2 Å². The minimum absolute atomic E-state index is 0.164. The Hall–Kier alpha value is -2.18. The molecule has 0 bridgehead atoms. The van der Waals surface area contributed by atoms with Crippen LogP contribution < -0.4 is 10.4 Å². The maximum atomic E-state index is 13.0. The number of aliphatic hydroxyl groups excluding tert-OH is 2. The van der Waals surface area contributed by atoms with E-state index in [-0.39, 0.29) is 22.8 Å². The van der Waals surface area contributed by atoms with Crippen molar-refractivity contribution in [3.05, 3.63) is 46.6 Å². The van der Waals surface area contributed by atoms with Gasteiger partial charge < -0.3 is 19.4 Å². The molecule has 5 rings (SSSR count). The van der Waals surface area contributed by atoms with E-state index >= 15 is 0 Å². The van der Waals surface area contributed by atoms with Gasteiger partial charge in [0.05, 0.1) is 12.2 Å². The van der Waals surface area contributed by atoms with Gasteiger partial charge in [-0.3, -0.25) is 4.98 Å². The normalized spacial score (nSPS) is 40.0. The number of pyridine rings is 1. The predicted octanol–water partition coefficient (Wildman–Crippen LogP) is 3.71. The number of hydrogen-bond donors (Lipinski definition) is 2. The molecule has 0 aromatic carbocycles. The van der Waals surface area contributed by atoms with Gasteiger partial charge in [-0.05, 0) is 49.1 Å². The molecule has 3 aliphatic rings. The van der Waals surface area contributed by atoms with Gasteiger partial charge >= 0.3 is 5.63 Å².